The first-order valence-electron chi connectivity index (χ1n) is 10.8. The van der Waals surface area contributed by atoms with E-state index in [4.69, 9.17) is 9.15 Å². The summed E-state index contributed by atoms with van der Waals surface area (Å²) in [6.45, 7) is 2.91. The molecule has 0 radical (unpaired) electrons. The predicted molar refractivity (Wildman–Crippen MR) is 123 cm³/mol. The number of para-hydroxylation sites is 1. The minimum Gasteiger partial charge on any atom is -0.496 e. The van der Waals surface area contributed by atoms with Crippen LogP contribution < -0.4 is 20.3 Å². The van der Waals surface area contributed by atoms with Crippen molar-refractivity contribution < 1.29 is 13.9 Å². The van der Waals surface area contributed by atoms with Gasteiger partial charge in [-0.25, -0.2) is 0 Å². The van der Waals surface area contributed by atoms with Crippen LogP contribution in [0.1, 0.15) is 29.0 Å². The Morgan fingerprint density at radius 2 is 1.94 bits per heavy atom. The lowest BCUT2D eigenvalue weighted by Crippen LogP contribution is -2.43. The number of carbonyl (C=O) groups excluding carboxylic acids is 1. The summed E-state index contributed by atoms with van der Waals surface area (Å²) in [4.78, 5) is 15.1. The standard InChI is InChI=1S/C25H29N3O3/c1-30-24-10-3-2-9-23(24)25(29)27-20-6-4-7-21(18-20)28-15-12-19(13-16-28)26-14-11-22-8-5-17-31-22/h2-10,17-19,26H,11-16H2,1H3,(H,27,29). The fourth-order valence-electron chi connectivity index (χ4n) is 4.01. The third-order valence-electron chi connectivity index (χ3n) is 5.70. The van der Waals surface area contributed by atoms with E-state index in [1.165, 1.54) is 0 Å². The van der Waals surface area contributed by atoms with E-state index in [0.29, 0.717) is 17.4 Å². The van der Waals surface area contributed by atoms with Gasteiger partial charge >= 0.3 is 0 Å². The van der Waals surface area contributed by atoms with Gasteiger partial charge < -0.3 is 24.7 Å². The number of rotatable bonds is 8. The molecule has 0 atom stereocenters. The van der Waals surface area contributed by atoms with E-state index in [9.17, 15) is 4.79 Å². The second-order valence-electron chi connectivity index (χ2n) is 7.75. The summed E-state index contributed by atoms with van der Waals surface area (Å²) in [7, 11) is 1.57. The summed E-state index contributed by atoms with van der Waals surface area (Å²) in [5, 5.41) is 6.64. The van der Waals surface area contributed by atoms with E-state index in [2.05, 4.69) is 21.6 Å². The molecule has 0 bridgehead atoms. The minimum atomic E-state index is -0.172. The number of hydrogen-bond acceptors (Lipinski definition) is 5. The number of piperidine rings is 1. The molecule has 2 heterocycles. The van der Waals surface area contributed by atoms with Crippen LogP contribution in [0.4, 0.5) is 11.4 Å². The highest BCUT2D eigenvalue weighted by Gasteiger charge is 2.19. The lowest BCUT2D eigenvalue weighted by molar-refractivity contribution is 0.102. The summed E-state index contributed by atoms with van der Waals surface area (Å²) >= 11 is 0. The Balaban J connectivity index is 1.30. The van der Waals surface area contributed by atoms with E-state index in [-0.39, 0.29) is 5.91 Å². The molecular formula is C25H29N3O3. The highest BCUT2D eigenvalue weighted by Crippen LogP contribution is 2.25. The van der Waals surface area contributed by atoms with Crippen molar-refractivity contribution in [2.75, 3.05) is 37.0 Å². The number of nitrogens with one attached hydrogen (secondary N) is 2. The molecule has 6 heteroatoms. The maximum Gasteiger partial charge on any atom is 0.259 e. The molecule has 1 aliphatic heterocycles. The molecular weight excluding hydrogens is 390 g/mol. The van der Waals surface area contributed by atoms with Crippen LogP contribution in [0.2, 0.25) is 0 Å². The highest BCUT2D eigenvalue weighted by molar-refractivity contribution is 6.06. The Morgan fingerprint density at radius 3 is 2.71 bits per heavy atom. The maximum atomic E-state index is 12.7. The maximum absolute atomic E-state index is 12.7. The number of amides is 1. The van der Waals surface area contributed by atoms with Crippen LogP contribution in [0.25, 0.3) is 0 Å². The topological polar surface area (TPSA) is 66.7 Å². The molecule has 1 amide bonds. The zero-order chi connectivity index (χ0) is 21.5. The third-order valence-corrected chi connectivity index (χ3v) is 5.70. The summed E-state index contributed by atoms with van der Waals surface area (Å²) in [5.74, 6) is 1.42. The molecule has 2 N–H and O–H groups in total. The molecule has 4 rings (SSSR count). The van der Waals surface area contributed by atoms with Gasteiger partial charge in [-0.3, -0.25) is 4.79 Å². The van der Waals surface area contributed by atoms with Gasteiger partial charge in [0.1, 0.15) is 11.5 Å². The molecule has 1 aliphatic rings. The molecule has 162 valence electrons. The van der Waals surface area contributed by atoms with Gasteiger partial charge in [0, 0.05) is 43.5 Å². The Hall–Kier alpha value is -3.25. The highest BCUT2D eigenvalue weighted by atomic mass is 16.5. The first kappa shape index (κ1) is 21.0. The van der Waals surface area contributed by atoms with Crippen molar-refractivity contribution in [1.29, 1.82) is 0 Å². The molecule has 31 heavy (non-hydrogen) atoms. The number of hydrogen-bond donors (Lipinski definition) is 2. The molecule has 1 saturated heterocycles. The number of anilines is 2. The molecule has 1 fully saturated rings. The normalized spacial score (nSPS) is 14.4. The number of methoxy groups -OCH3 is 1. The van der Waals surface area contributed by atoms with Crippen molar-refractivity contribution in [2.24, 2.45) is 0 Å². The van der Waals surface area contributed by atoms with Gasteiger partial charge in [0.2, 0.25) is 0 Å². The van der Waals surface area contributed by atoms with E-state index >= 15 is 0 Å². The predicted octanol–water partition coefficient (Wildman–Crippen LogP) is 4.34. The van der Waals surface area contributed by atoms with Gasteiger partial charge in [0.25, 0.3) is 5.91 Å². The monoisotopic (exact) mass is 419 g/mol. The lowest BCUT2D eigenvalue weighted by atomic mass is 10.0. The van der Waals surface area contributed by atoms with Crippen LogP contribution in [-0.4, -0.2) is 38.7 Å². The summed E-state index contributed by atoms with van der Waals surface area (Å²) in [6, 6.07) is 19.8. The average molecular weight is 420 g/mol. The second-order valence-corrected chi connectivity index (χ2v) is 7.75. The van der Waals surface area contributed by atoms with Crippen LogP contribution in [0.5, 0.6) is 5.75 Å². The quantitative estimate of drug-likeness (QED) is 0.569. The van der Waals surface area contributed by atoms with Crippen LogP contribution in [0.15, 0.2) is 71.3 Å². The summed E-state index contributed by atoms with van der Waals surface area (Å²) in [5.41, 5.74) is 2.44. The van der Waals surface area contributed by atoms with Crippen molar-refractivity contribution in [3.05, 3.63) is 78.3 Å². The Labute approximate surface area is 183 Å². The first-order chi connectivity index (χ1) is 15.2. The largest absolute Gasteiger partial charge is 0.496 e. The van der Waals surface area contributed by atoms with Crippen molar-refractivity contribution in [3.8, 4) is 5.75 Å². The van der Waals surface area contributed by atoms with Gasteiger partial charge in [-0.15, -0.1) is 0 Å². The van der Waals surface area contributed by atoms with Gasteiger partial charge in [0.05, 0.1) is 18.9 Å². The number of ether oxygens (including phenoxy) is 1. The minimum absolute atomic E-state index is 0.172. The molecule has 0 spiro atoms. The molecule has 0 aliphatic carbocycles. The van der Waals surface area contributed by atoms with Gasteiger partial charge in [-0.1, -0.05) is 18.2 Å². The Morgan fingerprint density at radius 1 is 1.10 bits per heavy atom. The van der Waals surface area contributed by atoms with Gasteiger partial charge in [0.15, 0.2) is 0 Å². The van der Waals surface area contributed by atoms with E-state index in [0.717, 1.165) is 56.0 Å². The number of nitrogens with zero attached hydrogens (tertiary/aromatic N) is 1. The average Bonchev–Trinajstić information content (AvgIpc) is 3.33. The Bertz CT molecular complexity index is 979. The smallest absolute Gasteiger partial charge is 0.259 e. The number of furan rings is 1. The molecule has 2 aromatic carbocycles. The summed E-state index contributed by atoms with van der Waals surface area (Å²) < 4.78 is 10.7. The zero-order valence-electron chi connectivity index (χ0n) is 17.8. The fraction of sp³-hybridized carbons (Fsp3) is 0.320. The number of benzene rings is 2. The van der Waals surface area contributed by atoms with Gasteiger partial charge in [-0.05, 0) is 55.3 Å². The SMILES string of the molecule is COc1ccccc1C(=O)Nc1cccc(N2CCC(NCCc3ccco3)CC2)c1. The third kappa shape index (κ3) is 5.47. The van der Waals surface area contributed by atoms with E-state index in [1.807, 2.05) is 42.5 Å². The molecule has 0 saturated carbocycles. The molecule has 6 nitrogen and oxygen atoms in total. The van der Waals surface area contributed by atoms with Crippen molar-refractivity contribution in [1.82, 2.24) is 5.32 Å². The van der Waals surface area contributed by atoms with Crippen molar-refractivity contribution in [3.63, 3.8) is 0 Å². The molecule has 1 aromatic heterocycles. The lowest BCUT2D eigenvalue weighted by Gasteiger charge is -2.34. The van der Waals surface area contributed by atoms with Crippen molar-refractivity contribution in [2.45, 2.75) is 25.3 Å². The van der Waals surface area contributed by atoms with E-state index < -0.39 is 0 Å². The van der Waals surface area contributed by atoms with Crippen LogP contribution in [-0.2, 0) is 6.42 Å². The first-order valence-corrected chi connectivity index (χ1v) is 10.8. The Kier molecular flexibility index (Phi) is 6.89. The molecule has 3 aromatic rings. The van der Waals surface area contributed by atoms with Crippen LogP contribution in [0, 0.1) is 0 Å². The zero-order valence-corrected chi connectivity index (χ0v) is 17.8. The van der Waals surface area contributed by atoms with Crippen molar-refractivity contribution >= 4 is 17.3 Å². The molecule has 0 unspecified atom stereocenters. The summed E-state index contributed by atoms with van der Waals surface area (Å²) in [6.07, 6.45) is 4.83. The number of carbonyl (C=O) groups is 1. The van der Waals surface area contributed by atoms with Gasteiger partial charge in [-0.2, -0.15) is 0 Å². The van der Waals surface area contributed by atoms with E-state index in [1.54, 1.807) is 25.5 Å². The van der Waals surface area contributed by atoms with Crippen LogP contribution in [0.3, 0.4) is 0 Å². The fourth-order valence-corrected chi connectivity index (χ4v) is 4.01. The van der Waals surface area contributed by atoms with Crippen LogP contribution >= 0.6 is 0 Å². The second kappa shape index (κ2) is 10.2.